The number of hydrogen-bond donors (Lipinski definition) is 1. The van der Waals surface area contributed by atoms with Crippen LogP contribution in [0.15, 0.2) is 60.7 Å². The standard InChI is InChI=1S/C19H19NO/c1-2-14-7-10-16(11-8-14)21-19-12-9-15(13-20)17-5-3-4-6-18(17)19/h3-12H,2,13,20H2,1H3. The van der Waals surface area contributed by atoms with E-state index in [4.69, 9.17) is 10.5 Å². The Morgan fingerprint density at radius 3 is 2.24 bits per heavy atom. The van der Waals surface area contributed by atoms with Gasteiger partial charge in [0.15, 0.2) is 0 Å². The van der Waals surface area contributed by atoms with Gasteiger partial charge in [-0.25, -0.2) is 0 Å². The minimum Gasteiger partial charge on any atom is -0.457 e. The van der Waals surface area contributed by atoms with E-state index < -0.39 is 0 Å². The van der Waals surface area contributed by atoms with E-state index in [-0.39, 0.29) is 0 Å². The van der Waals surface area contributed by atoms with Crippen molar-refractivity contribution in [1.82, 2.24) is 0 Å². The van der Waals surface area contributed by atoms with Crippen molar-refractivity contribution in [3.63, 3.8) is 0 Å². The van der Waals surface area contributed by atoms with E-state index in [9.17, 15) is 0 Å². The Morgan fingerprint density at radius 2 is 1.57 bits per heavy atom. The molecule has 0 aromatic heterocycles. The second kappa shape index (κ2) is 5.98. The molecule has 0 radical (unpaired) electrons. The molecule has 0 unspecified atom stereocenters. The Bertz CT molecular complexity index is 747. The molecule has 0 spiro atoms. The minimum absolute atomic E-state index is 0.534. The number of benzene rings is 3. The Kier molecular flexibility index (Phi) is 3.89. The van der Waals surface area contributed by atoms with Crippen LogP contribution >= 0.6 is 0 Å². The van der Waals surface area contributed by atoms with Gasteiger partial charge in [0.1, 0.15) is 11.5 Å². The quantitative estimate of drug-likeness (QED) is 0.753. The second-order valence-electron chi connectivity index (χ2n) is 5.07. The summed E-state index contributed by atoms with van der Waals surface area (Å²) < 4.78 is 6.05. The zero-order valence-electron chi connectivity index (χ0n) is 12.2. The van der Waals surface area contributed by atoms with Crippen molar-refractivity contribution in [2.75, 3.05) is 0 Å². The van der Waals surface area contributed by atoms with Crippen molar-refractivity contribution in [3.8, 4) is 11.5 Å². The second-order valence-corrected chi connectivity index (χ2v) is 5.07. The lowest BCUT2D eigenvalue weighted by Crippen LogP contribution is -1.98. The van der Waals surface area contributed by atoms with Crippen LogP contribution in [0.25, 0.3) is 10.8 Å². The highest BCUT2D eigenvalue weighted by atomic mass is 16.5. The van der Waals surface area contributed by atoms with Crippen molar-refractivity contribution in [1.29, 1.82) is 0 Å². The van der Waals surface area contributed by atoms with Crippen LogP contribution < -0.4 is 10.5 Å². The van der Waals surface area contributed by atoms with Crippen LogP contribution in [0, 0.1) is 0 Å². The molecule has 0 aliphatic heterocycles. The van der Waals surface area contributed by atoms with Gasteiger partial charge in [-0.15, -0.1) is 0 Å². The summed E-state index contributed by atoms with van der Waals surface area (Å²) >= 11 is 0. The number of nitrogens with two attached hydrogens (primary N) is 1. The molecule has 0 bridgehead atoms. The summed E-state index contributed by atoms with van der Waals surface area (Å²) in [6.07, 6.45) is 1.04. The number of rotatable bonds is 4. The van der Waals surface area contributed by atoms with Crippen LogP contribution in [-0.2, 0) is 13.0 Å². The lowest BCUT2D eigenvalue weighted by Gasteiger charge is -2.12. The molecule has 21 heavy (non-hydrogen) atoms. The topological polar surface area (TPSA) is 35.2 Å². The Balaban J connectivity index is 2.00. The van der Waals surface area contributed by atoms with Crippen LogP contribution in [0.4, 0.5) is 0 Å². The predicted molar refractivity (Wildman–Crippen MR) is 87.7 cm³/mol. The fraction of sp³-hybridized carbons (Fsp3) is 0.158. The third kappa shape index (κ3) is 2.76. The fourth-order valence-electron chi connectivity index (χ4n) is 2.52. The average molecular weight is 277 g/mol. The lowest BCUT2D eigenvalue weighted by molar-refractivity contribution is 0.488. The van der Waals surface area contributed by atoms with Crippen LogP contribution in [0.3, 0.4) is 0 Å². The first kappa shape index (κ1) is 13.7. The molecule has 2 nitrogen and oxygen atoms in total. The SMILES string of the molecule is CCc1ccc(Oc2ccc(CN)c3ccccc23)cc1. The molecule has 0 aliphatic carbocycles. The lowest BCUT2D eigenvalue weighted by atomic mass is 10.0. The molecule has 2 N–H and O–H groups in total. The van der Waals surface area contributed by atoms with Gasteiger partial charge in [0, 0.05) is 11.9 Å². The predicted octanol–water partition coefficient (Wildman–Crippen LogP) is 4.65. The molecule has 3 aromatic rings. The highest BCUT2D eigenvalue weighted by Gasteiger charge is 2.06. The van der Waals surface area contributed by atoms with Gasteiger partial charge in [-0.2, -0.15) is 0 Å². The molecule has 0 saturated carbocycles. The van der Waals surface area contributed by atoms with Crippen molar-refractivity contribution >= 4 is 10.8 Å². The average Bonchev–Trinajstić information content (AvgIpc) is 2.56. The molecule has 0 atom stereocenters. The first-order valence-corrected chi connectivity index (χ1v) is 7.29. The van der Waals surface area contributed by atoms with Crippen molar-refractivity contribution in [2.45, 2.75) is 19.9 Å². The van der Waals surface area contributed by atoms with Crippen LogP contribution in [0.2, 0.25) is 0 Å². The number of hydrogen-bond acceptors (Lipinski definition) is 2. The molecule has 0 heterocycles. The van der Waals surface area contributed by atoms with Gasteiger partial charge >= 0.3 is 0 Å². The summed E-state index contributed by atoms with van der Waals surface area (Å²) in [5.41, 5.74) is 8.26. The van der Waals surface area contributed by atoms with Crippen LogP contribution in [-0.4, -0.2) is 0 Å². The maximum Gasteiger partial charge on any atom is 0.135 e. The van der Waals surface area contributed by atoms with Crippen molar-refractivity contribution in [2.24, 2.45) is 5.73 Å². The molecule has 0 aliphatic rings. The van der Waals surface area contributed by atoms with Gasteiger partial charge in [0.05, 0.1) is 0 Å². The van der Waals surface area contributed by atoms with E-state index in [1.54, 1.807) is 0 Å². The van der Waals surface area contributed by atoms with E-state index in [0.717, 1.165) is 34.3 Å². The smallest absolute Gasteiger partial charge is 0.135 e. The summed E-state index contributed by atoms with van der Waals surface area (Å²) in [6, 6.07) is 20.5. The van der Waals surface area contributed by atoms with E-state index in [1.165, 1.54) is 5.56 Å². The van der Waals surface area contributed by atoms with Crippen LogP contribution in [0.1, 0.15) is 18.1 Å². The highest BCUT2D eigenvalue weighted by molar-refractivity contribution is 5.91. The highest BCUT2D eigenvalue weighted by Crippen LogP contribution is 2.32. The maximum absolute atomic E-state index is 6.05. The van der Waals surface area contributed by atoms with Gasteiger partial charge < -0.3 is 10.5 Å². The normalized spacial score (nSPS) is 10.8. The number of ether oxygens (including phenoxy) is 1. The zero-order chi connectivity index (χ0) is 14.7. The summed E-state index contributed by atoms with van der Waals surface area (Å²) in [7, 11) is 0. The summed E-state index contributed by atoms with van der Waals surface area (Å²) in [4.78, 5) is 0. The molecular weight excluding hydrogens is 258 g/mol. The third-order valence-electron chi connectivity index (χ3n) is 3.75. The summed E-state index contributed by atoms with van der Waals surface area (Å²) in [5, 5.41) is 2.25. The number of fused-ring (bicyclic) bond motifs is 1. The van der Waals surface area contributed by atoms with E-state index in [0.29, 0.717) is 6.54 Å². The largest absolute Gasteiger partial charge is 0.457 e. The van der Waals surface area contributed by atoms with Crippen molar-refractivity contribution in [3.05, 3.63) is 71.8 Å². The van der Waals surface area contributed by atoms with E-state index in [2.05, 4.69) is 31.2 Å². The Hall–Kier alpha value is -2.32. The van der Waals surface area contributed by atoms with E-state index >= 15 is 0 Å². The molecule has 0 saturated heterocycles. The molecule has 2 heteroatoms. The van der Waals surface area contributed by atoms with Gasteiger partial charge in [-0.3, -0.25) is 0 Å². The molecule has 0 fully saturated rings. The molecule has 0 amide bonds. The fourth-order valence-corrected chi connectivity index (χ4v) is 2.52. The maximum atomic E-state index is 6.05. The third-order valence-corrected chi connectivity index (χ3v) is 3.75. The number of aryl methyl sites for hydroxylation is 1. The first-order valence-electron chi connectivity index (χ1n) is 7.29. The van der Waals surface area contributed by atoms with Crippen LogP contribution in [0.5, 0.6) is 11.5 Å². The molecule has 3 rings (SSSR count). The van der Waals surface area contributed by atoms with Gasteiger partial charge in [0.2, 0.25) is 0 Å². The summed E-state index contributed by atoms with van der Waals surface area (Å²) in [5.74, 6) is 1.73. The molecule has 3 aromatic carbocycles. The minimum atomic E-state index is 0.534. The van der Waals surface area contributed by atoms with Gasteiger partial charge in [-0.1, -0.05) is 49.4 Å². The first-order chi connectivity index (χ1) is 10.3. The molecule has 106 valence electrons. The van der Waals surface area contributed by atoms with Gasteiger partial charge in [-0.05, 0) is 41.1 Å². The molecular formula is C19H19NO. The Morgan fingerprint density at radius 1 is 0.857 bits per heavy atom. The zero-order valence-corrected chi connectivity index (χ0v) is 12.2. The monoisotopic (exact) mass is 277 g/mol. The van der Waals surface area contributed by atoms with Crippen molar-refractivity contribution < 1.29 is 4.74 Å². The van der Waals surface area contributed by atoms with E-state index in [1.807, 2.05) is 36.4 Å². The van der Waals surface area contributed by atoms with Gasteiger partial charge in [0.25, 0.3) is 0 Å². The summed E-state index contributed by atoms with van der Waals surface area (Å²) in [6.45, 7) is 2.68. The Labute approximate surface area is 125 Å².